The highest BCUT2D eigenvalue weighted by Crippen LogP contribution is 2.24. The number of nitrogens with zero attached hydrogens (tertiary/aromatic N) is 1. The molecule has 1 fully saturated rings. The van der Waals surface area contributed by atoms with Crippen molar-refractivity contribution < 1.29 is 9.72 Å². The summed E-state index contributed by atoms with van der Waals surface area (Å²) in [5.74, 6) is 0.0161. The lowest BCUT2D eigenvalue weighted by molar-refractivity contribution is -0.384. The third kappa shape index (κ3) is 4.94. The highest BCUT2D eigenvalue weighted by molar-refractivity contribution is 5.77. The number of rotatable bonds is 8. The highest BCUT2D eigenvalue weighted by Gasteiger charge is 2.22. The van der Waals surface area contributed by atoms with Crippen LogP contribution in [-0.2, 0) is 4.79 Å². The van der Waals surface area contributed by atoms with E-state index in [1.807, 2.05) is 6.92 Å². The molecule has 0 radical (unpaired) electrons. The average molecular weight is 292 g/mol. The van der Waals surface area contributed by atoms with Crippen molar-refractivity contribution in [2.75, 3.05) is 23.7 Å². The average Bonchev–Trinajstić information content (AvgIpc) is 3.22. The van der Waals surface area contributed by atoms with Crippen molar-refractivity contribution in [2.45, 2.75) is 32.2 Å². The maximum Gasteiger partial charge on any atom is 0.273 e. The molecule has 21 heavy (non-hydrogen) atoms. The molecule has 0 unspecified atom stereocenters. The summed E-state index contributed by atoms with van der Waals surface area (Å²) >= 11 is 0. The van der Waals surface area contributed by atoms with Crippen LogP contribution < -0.4 is 16.0 Å². The topological polar surface area (TPSA) is 96.3 Å². The summed E-state index contributed by atoms with van der Waals surface area (Å²) in [6.45, 7) is 3.06. The second-order valence-corrected chi connectivity index (χ2v) is 5.07. The number of benzene rings is 1. The number of nitro benzene ring substituents is 1. The van der Waals surface area contributed by atoms with Gasteiger partial charge >= 0.3 is 0 Å². The fraction of sp³-hybridized carbons (Fsp3) is 0.500. The minimum Gasteiger partial charge on any atom is -0.385 e. The molecule has 0 heterocycles. The predicted octanol–water partition coefficient (Wildman–Crippen LogP) is 2.11. The molecule has 1 saturated carbocycles. The van der Waals surface area contributed by atoms with Crippen molar-refractivity contribution in [1.82, 2.24) is 5.32 Å². The summed E-state index contributed by atoms with van der Waals surface area (Å²) in [5.41, 5.74) is 1.36. The smallest absolute Gasteiger partial charge is 0.273 e. The van der Waals surface area contributed by atoms with Gasteiger partial charge < -0.3 is 16.0 Å². The molecule has 0 aromatic heterocycles. The maximum absolute atomic E-state index is 11.6. The van der Waals surface area contributed by atoms with E-state index in [4.69, 9.17) is 0 Å². The Morgan fingerprint density at radius 3 is 2.52 bits per heavy atom. The Bertz CT molecular complexity index is 529. The molecular weight excluding hydrogens is 272 g/mol. The van der Waals surface area contributed by atoms with Crippen LogP contribution in [0.4, 0.5) is 17.1 Å². The molecular formula is C14H20N4O3. The molecule has 0 atom stereocenters. The molecule has 1 amide bonds. The normalized spacial score (nSPS) is 13.6. The van der Waals surface area contributed by atoms with Crippen LogP contribution in [0.25, 0.3) is 0 Å². The van der Waals surface area contributed by atoms with E-state index in [9.17, 15) is 14.9 Å². The first-order valence-corrected chi connectivity index (χ1v) is 7.15. The lowest BCUT2D eigenvalue weighted by atomic mass is 10.2. The van der Waals surface area contributed by atoms with Crippen molar-refractivity contribution in [3.63, 3.8) is 0 Å². The first kappa shape index (κ1) is 15.1. The van der Waals surface area contributed by atoms with Crippen molar-refractivity contribution in [3.8, 4) is 0 Å². The van der Waals surface area contributed by atoms with Crippen LogP contribution in [0.2, 0.25) is 0 Å². The second-order valence-electron chi connectivity index (χ2n) is 5.07. The van der Waals surface area contributed by atoms with Crippen molar-refractivity contribution in [1.29, 1.82) is 0 Å². The monoisotopic (exact) mass is 292 g/mol. The third-order valence-corrected chi connectivity index (χ3v) is 3.13. The summed E-state index contributed by atoms with van der Waals surface area (Å²) in [5, 5.41) is 19.9. The van der Waals surface area contributed by atoms with Crippen LogP contribution >= 0.6 is 0 Å². The van der Waals surface area contributed by atoms with Gasteiger partial charge in [0.2, 0.25) is 5.91 Å². The van der Waals surface area contributed by atoms with Gasteiger partial charge in [0.15, 0.2) is 0 Å². The van der Waals surface area contributed by atoms with Gasteiger partial charge in [0.25, 0.3) is 5.69 Å². The lowest BCUT2D eigenvalue weighted by Gasteiger charge is -2.09. The zero-order valence-electron chi connectivity index (χ0n) is 12.0. The van der Waals surface area contributed by atoms with Crippen LogP contribution in [-0.4, -0.2) is 30.0 Å². The van der Waals surface area contributed by atoms with E-state index < -0.39 is 4.92 Å². The predicted molar refractivity (Wildman–Crippen MR) is 81.5 cm³/mol. The molecule has 3 N–H and O–H groups in total. The molecule has 0 bridgehead atoms. The zero-order valence-corrected chi connectivity index (χ0v) is 12.0. The summed E-state index contributed by atoms with van der Waals surface area (Å²) < 4.78 is 0. The lowest BCUT2D eigenvalue weighted by Crippen LogP contribution is -2.27. The molecule has 1 aliphatic rings. The minimum absolute atomic E-state index is 0.0161. The van der Waals surface area contributed by atoms with Gasteiger partial charge in [-0.3, -0.25) is 14.9 Å². The van der Waals surface area contributed by atoms with E-state index in [1.54, 1.807) is 6.07 Å². The Kier molecular flexibility index (Phi) is 4.97. The van der Waals surface area contributed by atoms with E-state index >= 15 is 0 Å². The van der Waals surface area contributed by atoms with Crippen molar-refractivity contribution in [3.05, 3.63) is 28.3 Å². The minimum atomic E-state index is -0.425. The van der Waals surface area contributed by atoms with Gasteiger partial charge in [0.1, 0.15) is 0 Å². The molecule has 7 nitrogen and oxygen atoms in total. The summed E-state index contributed by atoms with van der Waals surface area (Å²) in [6.07, 6.45) is 2.49. The van der Waals surface area contributed by atoms with Gasteiger partial charge in [-0.05, 0) is 25.8 Å². The van der Waals surface area contributed by atoms with Crippen LogP contribution in [0.5, 0.6) is 0 Å². The zero-order chi connectivity index (χ0) is 15.2. The Morgan fingerprint density at radius 2 is 1.95 bits per heavy atom. The van der Waals surface area contributed by atoms with Crippen molar-refractivity contribution >= 4 is 23.0 Å². The molecule has 1 aliphatic carbocycles. The Morgan fingerprint density at radius 1 is 1.29 bits per heavy atom. The van der Waals surface area contributed by atoms with E-state index in [0.717, 1.165) is 12.8 Å². The maximum atomic E-state index is 11.6. The number of nitro groups is 1. The first-order chi connectivity index (χ1) is 10.1. The Labute approximate surface area is 123 Å². The Balaban J connectivity index is 1.90. The van der Waals surface area contributed by atoms with Crippen LogP contribution in [0, 0.1) is 10.1 Å². The Hall–Kier alpha value is -2.31. The number of nitrogens with one attached hydrogen (secondary N) is 3. The van der Waals surface area contributed by atoms with E-state index in [1.165, 1.54) is 12.1 Å². The number of carbonyl (C=O) groups is 1. The number of hydrogen-bond acceptors (Lipinski definition) is 5. The van der Waals surface area contributed by atoms with E-state index in [-0.39, 0.29) is 11.6 Å². The summed E-state index contributed by atoms with van der Waals surface area (Å²) in [7, 11) is 0. The van der Waals surface area contributed by atoms with Gasteiger partial charge in [-0.2, -0.15) is 0 Å². The number of anilines is 2. The molecule has 7 heteroatoms. The van der Waals surface area contributed by atoms with E-state index in [0.29, 0.717) is 36.9 Å². The molecule has 0 aliphatic heterocycles. The molecule has 0 spiro atoms. The first-order valence-electron chi connectivity index (χ1n) is 7.15. The summed E-state index contributed by atoms with van der Waals surface area (Å²) in [4.78, 5) is 22.0. The van der Waals surface area contributed by atoms with Crippen LogP contribution in [0.15, 0.2) is 18.2 Å². The number of hydrogen-bond donors (Lipinski definition) is 3. The molecule has 2 rings (SSSR count). The molecule has 114 valence electrons. The molecule has 1 aromatic rings. The van der Waals surface area contributed by atoms with E-state index in [2.05, 4.69) is 16.0 Å². The number of carbonyl (C=O) groups excluding carboxylic acids is 1. The molecule has 0 saturated heterocycles. The standard InChI is InChI=1S/C14H20N4O3/c1-2-15-11-7-12(9-13(8-11)18(20)21)16-6-5-14(19)17-10-3-4-10/h7-10,15-16H,2-6H2,1H3,(H,17,19). The van der Waals surface area contributed by atoms with Crippen LogP contribution in [0.1, 0.15) is 26.2 Å². The summed E-state index contributed by atoms with van der Waals surface area (Å²) in [6, 6.07) is 5.12. The number of amides is 1. The van der Waals surface area contributed by atoms with Gasteiger partial charge in [-0.25, -0.2) is 0 Å². The van der Waals surface area contributed by atoms with Crippen molar-refractivity contribution in [2.24, 2.45) is 0 Å². The SMILES string of the molecule is CCNc1cc(NCCC(=O)NC2CC2)cc([N+](=O)[O-])c1. The van der Waals surface area contributed by atoms with Gasteiger partial charge in [-0.1, -0.05) is 0 Å². The second kappa shape index (κ2) is 6.92. The third-order valence-electron chi connectivity index (χ3n) is 3.13. The fourth-order valence-electron chi connectivity index (χ4n) is 1.97. The quantitative estimate of drug-likeness (QED) is 0.503. The van der Waals surface area contributed by atoms with Gasteiger partial charge in [0, 0.05) is 49.1 Å². The molecule has 1 aromatic carbocycles. The number of non-ortho nitro benzene ring substituents is 1. The highest BCUT2D eigenvalue weighted by atomic mass is 16.6. The van der Waals surface area contributed by atoms with Crippen LogP contribution in [0.3, 0.4) is 0 Å². The van der Waals surface area contributed by atoms with Gasteiger partial charge in [-0.15, -0.1) is 0 Å². The largest absolute Gasteiger partial charge is 0.385 e. The fourth-order valence-corrected chi connectivity index (χ4v) is 1.97. The van der Waals surface area contributed by atoms with Gasteiger partial charge in [0.05, 0.1) is 4.92 Å².